The molecule has 1 saturated heterocycles. The van der Waals surface area contributed by atoms with Crippen molar-refractivity contribution in [3.63, 3.8) is 0 Å². The first-order valence-corrected chi connectivity index (χ1v) is 18.7. The van der Waals surface area contributed by atoms with Crippen molar-refractivity contribution < 1.29 is 28.9 Å². The maximum atomic E-state index is 13.3. The number of ketones is 1. The van der Waals surface area contributed by atoms with Gasteiger partial charge in [0.25, 0.3) is 0 Å². The van der Waals surface area contributed by atoms with Crippen molar-refractivity contribution in [2.24, 2.45) is 5.92 Å². The first-order chi connectivity index (χ1) is 22.5. The summed E-state index contributed by atoms with van der Waals surface area (Å²) in [5.74, 6) is 1.62. The van der Waals surface area contributed by atoms with Crippen molar-refractivity contribution in [2.45, 2.75) is 159 Å². The average molecular weight is 636 g/mol. The van der Waals surface area contributed by atoms with E-state index in [4.69, 9.17) is 14.2 Å². The van der Waals surface area contributed by atoms with E-state index in [0.717, 1.165) is 62.2 Å². The van der Waals surface area contributed by atoms with Crippen LogP contribution < -0.4 is 9.47 Å². The molecule has 2 bridgehead atoms. The van der Waals surface area contributed by atoms with Gasteiger partial charge >= 0.3 is 5.97 Å². The molecule has 2 aliphatic heterocycles. The van der Waals surface area contributed by atoms with Crippen LogP contribution in [0.2, 0.25) is 0 Å². The molecule has 46 heavy (non-hydrogen) atoms. The topological polar surface area (TPSA) is 85.3 Å². The minimum absolute atomic E-state index is 0.00350. The Bertz CT molecular complexity index is 1240. The zero-order chi connectivity index (χ0) is 32.0. The van der Waals surface area contributed by atoms with E-state index in [0.29, 0.717) is 37.2 Å². The third-order valence-electron chi connectivity index (χ3n) is 11.6. The predicted octanol–water partition coefficient (Wildman–Crippen LogP) is 7.74. The Morgan fingerprint density at radius 1 is 1.00 bits per heavy atom. The molecular weight excluding hydrogens is 578 g/mol. The van der Waals surface area contributed by atoms with Crippen molar-refractivity contribution in [3.8, 4) is 11.5 Å². The molecule has 5 aliphatic rings. The number of benzene rings is 1. The Morgan fingerprint density at radius 2 is 1.72 bits per heavy atom. The summed E-state index contributed by atoms with van der Waals surface area (Å²) in [6, 6.07) is 3.96. The van der Waals surface area contributed by atoms with E-state index in [1.165, 1.54) is 70.6 Å². The van der Waals surface area contributed by atoms with Crippen molar-refractivity contribution in [1.29, 1.82) is 0 Å². The monoisotopic (exact) mass is 635 g/mol. The van der Waals surface area contributed by atoms with Gasteiger partial charge in [0.2, 0.25) is 6.79 Å². The van der Waals surface area contributed by atoms with Gasteiger partial charge in [-0.1, -0.05) is 76.5 Å². The van der Waals surface area contributed by atoms with E-state index < -0.39 is 17.1 Å². The van der Waals surface area contributed by atoms with Gasteiger partial charge in [0.15, 0.2) is 23.4 Å². The van der Waals surface area contributed by atoms with Gasteiger partial charge < -0.3 is 19.3 Å². The van der Waals surface area contributed by atoms with Gasteiger partial charge in [0.1, 0.15) is 0 Å². The van der Waals surface area contributed by atoms with E-state index >= 15 is 0 Å². The quantitative estimate of drug-likeness (QED) is 0.0679. The van der Waals surface area contributed by atoms with E-state index in [1.54, 1.807) is 0 Å². The van der Waals surface area contributed by atoms with Crippen LogP contribution in [-0.2, 0) is 26.2 Å². The van der Waals surface area contributed by atoms with Gasteiger partial charge in [-0.2, -0.15) is 0 Å². The minimum Gasteiger partial charge on any atom is -0.477 e. The van der Waals surface area contributed by atoms with Gasteiger partial charge in [-0.25, -0.2) is 0 Å². The fourth-order valence-corrected chi connectivity index (χ4v) is 8.94. The van der Waals surface area contributed by atoms with Crippen LogP contribution in [0.5, 0.6) is 11.5 Å². The van der Waals surface area contributed by atoms with Gasteiger partial charge in [-0.05, 0) is 88.3 Å². The molecule has 1 spiro atoms. The number of hydrogen-bond donors (Lipinski definition) is 1. The van der Waals surface area contributed by atoms with Crippen LogP contribution >= 0.6 is 0 Å². The SMILES string of the molecule is CCCCCCCC/C=C/CCCCCCCC(=O)OCOc1ccc2c3c1O[C@H]1C(=O)CC[C@@]4(O)C(C2)N(CC2CC2)CC[C@]314. The van der Waals surface area contributed by atoms with Crippen LogP contribution in [0.3, 0.4) is 0 Å². The summed E-state index contributed by atoms with van der Waals surface area (Å²) in [5, 5.41) is 12.4. The maximum absolute atomic E-state index is 13.3. The lowest BCUT2D eigenvalue weighted by Crippen LogP contribution is -2.76. The van der Waals surface area contributed by atoms with Crippen molar-refractivity contribution >= 4 is 11.8 Å². The second-order valence-corrected chi connectivity index (χ2v) is 14.8. The van der Waals surface area contributed by atoms with Crippen molar-refractivity contribution in [1.82, 2.24) is 4.90 Å². The second kappa shape index (κ2) is 15.2. The number of allylic oxidation sites excluding steroid dienone is 2. The fourth-order valence-electron chi connectivity index (χ4n) is 8.94. The normalized spacial score (nSPS) is 27.9. The molecule has 0 aromatic heterocycles. The number of aliphatic hydroxyl groups is 1. The van der Waals surface area contributed by atoms with E-state index in [2.05, 4.69) is 30.0 Å². The van der Waals surface area contributed by atoms with Crippen LogP contribution in [-0.4, -0.2) is 59.4 Å². The molecule has 7 nitrogen and oxygen atoms in total. The Hall–Kier alpha value is -2.38. The number of likely N-dealkylation sites (tertiary alicyclic amines) is 1. The number of carbonyl (C=O) groups excluding carboxylic acids is 2. The number of piperidine rings is 1. The third-order valence-corrected chi connectivity index (χ3v) is 11.6. The molecule has 3 aliphatic carbocycles. The van der Waals surface area contributed by atoms with Crippen LogP contribution in [0.15, 0.2) is 24.3 Å². The molecule has 6 rings (SSSR count). The largest absolute Gasteiger partial charge is 0.477 e. The van der Waals surface area contributed by atoms with Gasteiger partial charge in [0.05, 0.1) is 11.0 Å². The lowest BCUT2D eigenvalue weighted by Gasteiger charge is -2.62. The lowest BCUT2D eigenvalue weighted by molar-refractivity contribution is -0.188. The predicted molar refractivity (Wildman–Crippen MR) is 179 cm³/mol. The smallest absolute Gasteiger partial charge is 0.308 e. The average Bonchev–Trinajstić information content (AvgIpc) is 3.79. The zero-order valence-electron chi connectivity index (χ0n) is 28.2. The number of carbonyl (C=O) groups is 2. The van der Waals surface area contributed by atoms with Crippen molar-refractivity contribution in [3.05, 3.63) is 35.4 Å². The number of esters is 1. The molecule has 4 atom stereocenters. The lowest BCUT2D eigenvalue weighted by atomic mass is 9.49. The Kier molecular flexibility index (Phi) is 11.1. The minimum atomic E-state index is -0.994. The number of nitrogens with zero attached hydrogens (tertiary/aromatic N) is 1. The number of rotatable bonds is 20. The maximum Gasteiger partial charge on any atom is 0.308 e. The van der Waals surface area contributed by atoms with E-state index in [-0.39, 0.29) is 24.6 Å². The van der Waals surface area contributed by atoms with Crippen molar-refractivity contribution in [2.75, 3.05) is 19.9 Å². The molecule has 1 aromatic rings. The highest BCUT2D eigenvalue weighted by Gasteiger charge is 2.73. The number of hydrogen-bond acceptors (Lipinski definition) is 7. The summed E-state index contributed by atoms with van der Waals surface area (Å²) >= 11 is 0. The fraction of sp³-hybridized carbons (Fsp3) is 0.744. The molecule has 1 N–H and O–H groups in total. The standard InChI is InChI=1S/C39H57NO6/c1-2-3-4-5-6-7-8-9-10-11-12-13-14-15-16-17-34(42)45-28-44-32-21-20-30-26-33-39(43)23-22-31(41)37-38(39,35(30)36(32)46-37)24-25-40(33)27-29-18-19-29/h9-10,20-21,29,33,37,43H,2-8,11-19,22-28H2,1H3/b10-9+/t33?,37-,38-,39+/m0/s1. The summed E-state index contributed by atoms with van der Waals surface area (Å²) in [5.41, 5.74) is 0.394. The highest BCUT2D eigenvalue weighted by Crippen LogP contribution is 2.65. The van der Waals surface area contributed by atoms with E-state index in [9.17, 15) is 14.7 Å². The molecule has 3 fully saturated rings. The van der Waals surface area contributed by atoms with E-state index in [1.807, 2.05) is 6.07 Å². The van der Waals surface area contributed by atoms with Crippen LogP contribution in [0.1, 0.15) is 140 Å². The molecule has 0 radical (unpaired) electrons. The first-order valence-electron chi connectivity index (χ1n) is 18.7. The van der Waals surface area contributed by atoms with Crippen LogP contribution in [0.25, 0.3) is 0 Å². The Morgan fingerprint density at radius 3 is 2.46 bits per heavy atom. The molecule has 2 heterocycles. The highest BCUT2D eigenvalue weighted by atomic mass is 16.7. The van der Waals surface area contributed by atoms with Gasteiger partial charge in [-0.3, -0.25) is 14.5 Å². The third kappa shape index (κ3) is 6.92. The van der Waals surface area contributed by atoms with Gasteiger partial charge in [-0.15, -0.1) is 0 Å². The van der Waals surface area contributed by atoms with Gasteiger partial charge in [0, 0.05) is 31.0 Å². The molecular formula is C39H57NO6. The Labute approximate surface area is 276 Å². The van der Waals surface area contributed by atoms with Crippen LogP contribution in [0.4, 0.5) is 0 Å². The molecule has 254 valence electrons. The summed E-state index contributed by atoms with van der Waals surface area (Å²) in [6.45, 7) is 3.98. The molecule has 7 heteroatoms. The molecule has 1 unspecified atom stereocenters. The number of unbranched alkanes of at least 4 members (excludes halogenated alkanes) is 11. The summed E-state index contributed by atoms with van der Waals surface area (Å²) < 4.78 is 17.8. The molecule has 2 saturated carbocycles. The zero-order valence-corrected chi connectivity index (χ0v) is 28.2. The first kappa shape index (κ1) is 33.5. The number of Topliss-reactive ketones (excluding diaryl/α,β-unsaturated/α-hetero) is 1. The number of ether oxygens (including phenoxy) is 3. The Balaban J connectivity index is 0.922. The summed E-state index contributed by atoms with van der Waals surface area (Å²) in [4.78, 5) is 28.2. The summed E-state index contributed by atoms with van der Waals surface area (Å²) in [6.07, 6.45) is 25.1. The molecule has 0 amide bonds. The highest BCUT2D eigenvalue weighted by molar-refractivity contribution is 5.90. The second-order valence-electron chi connectivity index (χ2n) is 14.8. The molecule has 1 aromatic carbocycles. The summed E-state index contributed by atoms with van der Waals surface area (Å²) in [7, 11) is 0. The van der Waals surface area contributed by atoms with Crippen LogP contribution in [0, 0.1) is 5.92 Å².